The molecule has 0 bridgehead atoms. The Balaban J connectivity index is 1.26. The van der Waals surface area contributed by atoms with Crippen molar-refractivity contribution in [3.63, 3.8) is 0 Å². The number of fused-ring (bicyclic) bond motifs is 1. The van der Waals surface area contributed by atoms with Crippen LogP contribution in [0.15, 0.2) is 72.8 Å². The Morgan fingerprint density at radius 1 is 0.818 bits per heavy atom. The molecule has 1 heterocycles. The highest BCUT2D eigenvalue weighted by atomic mass is 32.2. The van der Waals surface area contributed by atoms with Crippen molar-refractivity contribution in [1.82, 2.24) is 14.5 Å². The van der Waals surface area contributed by atoms with Crippen molar-refractivity contribution in [2.45, 2.75) is 12.2 Å². The zero-order valence-electron chi connectivity index (χ0n) is 18.3. The number of rotatable bonds is 7. The Bertz CT molecular complexity index is 1230. The summed E-state index contributed by atoms with van der Waals surface area (Å²) in [6, 6.07) is 22.8. The van der Waals surface area contributed by atoms with Crippen molar-refractivity contribution in [2.24, 2.45) is 0 Å². The van der Waals surface area contributed by atoms with Gasteiger partial charge in [0.25, 0.3) is 0 Å². The molecule has 1 aliphatic heterocycles. The van der Waals surface area contributed by atoms with Crippen LogP contribution in [0.25, 0.3) is 10.8 Å². The lowest BCUT2D eigenvalue weighted by Gasteiger charge is -2.34. The Morgan fingerprint density at radius 2 is 1.48 bits per heavy atom. The van der Waals surface area contributed by atoms with Crippen LogP contribution in [0.2, 0.25) is 0 Å². The Morgan fingerprint density at radius 3 is 2.24 bits per heavy atom. The number of carbonyl (C=O) groups excluding carboxylic acids is 2. The molecule has 0 saturated carbocycles. The van der Waals surface area contributed by atoms with Crippen LogP contribution in [-0.2, 0) is 31.8 Å². The van der Waals surface area contributed by atoms with Crippen LogP contribution >= 0.6 is 0 Å². The first-order valence-electron chi connectivity index (χ1n) is 11.0. The van der Waals surface area contributed by atoms with E-state index in [2.05, 4.69) is 5.32 Å². The number of benzene rings is 3. The molecule has 0 atom stereocenters. The minimum absolute atomic E-state index is 0.0496. The molecule has 8 heteroatoms. The monoisotopic (exact) mass is 465 g/mol. The molecule has 1 saturated heterocycles. The molecule has 1 N–H and O–H groups in total. The molecule has 1 aliphatic rings. The van der Waals surface area contributed by atoms with Gasteiger partial charge in [0, 0.05) is 26.2 Å². The SMILES string of the molecule is O=C(Cc1cccc2ccccc12)NCC(=O)N1CCN(S(=O)(=O)Cc2ccccc2)CC1. The summed E-state index contributed by atoms with van der Waals surface area (Å²) in [5.41, 5.74) is 1.65. The van der Waals surface area contributed by atoms with E-state index in [0.717, 1.165) is 21.9 Å². The number of piperazine rings is 1. The van der Waals surface area contributed by atoms with Gasteiger partial charge in [0.15, 0.2) is 0 Å². The minimum Gasteiger partial charge on any atom is -0.347 e. The molecule has 0 aliphatic carbocycles. The molecule has 4 rings (SSSR count). The predicted octanol–water partition coefficient (Wildman–Crippen LogP) is 2.17. The Kier molecular flexibility index (Phi) is 7.05. The highest BCUT2D eigenvalue weighted by Gasteiger charge is 2.29. The standard InChI is InChI=1S/C25H27N3O4S/c29-24(17-22-11-6-10-21-9-4-5-12-23(21)22)26-18-25(30)27-13-15-28(16-14-27)33(31,32)19-20-7-2-1-3-8-20/h1-12H,13-19H2,(H,26,29). The van der Waals surface area contributed by atoms with Gasteiger partial charge in [0.2, 0.25) is 21.8 Å². The summed E-state index contributed by atoms with van der Waals surface area (Å²) in [6.45, 7) is 1.04. The number of nitrogens with one attached hydrogen (secondary N) is 1. The number of carbonyl (C=O) groups is 2. The van der Waals surface area contributed by atoms with E-state index in [4.69, 9.17) is 0 Å². The highest BCUT2D eigenvalue weighted by Crippen LogP contribution is 2.19. The normalized spacial score (nSPS) is 14.8. The van der Waals surface area contributed by atoms with E-state index >= 15 is 0 Å². The molecule has 0 aromatic heterocycles. The summed E-state index contributed by atoms with van der Waals surface area (Å²) in [5, 5.41) is 4.80. The van der Waals surface area contributed by atoms with Gasteiger partial charge in [-0.1, -0.05) is 72.8 Å². The second-order valence-corrected chi connectivity index (χ2v) is 10.1. The van der Waals surface area contributed by atoms with Gasteiger partial charge in [-0.05, 0) is 21.9 Å². The zero-order valence-corrected chi connectivity index (χ0v) is 19.1. The smallest absolute Gasteiger partial charge is 0.242 e. The van der Waals surface area contributed by atoms with Gasteiger partial charge >= 0.3 is 0 Å². The van der Waals surface area contributed by atoms with E-state index in [9.17, 15) is 18.0 Å². The molecule has 2 amide bonds. The lowest BCUT2D eigenvalue weighted by molar-refractivity contribution is -0.133. The number of sulfonamides is 1. The molecule has 0 radical (unpaired) electrons. The van der Waals surface area contributed by atoms with E-state index in [0.29, 0.717) is 13.1 Å². The third-order valence-corrected chi connectivity index (χ3v) is 7.69. The second kappa shape index (κ2) is 10.1. The van der Waals surface area contributed by atoms with Crippen molar-refractivity contribution < 1.29 is 18.0 Å². The maximum atomic E-state index is 12.7. The van der Waals surface area contributed by atoms with Gasteiger partial charge in [0.05, 0.1) is 18.7 Å². The number of hydrogen-bond donors (Lipinski definition) is 1. The van der Waals surface area contributed by atoms with Crippen LogP contribution in [0, 0.1) is 0 Å². The number of nitrogens with zero attached hydrogens (tertiary/aromatic N) is 2. The highest BCUT2D eigenvalue weighted by molar-refractivity contribution is 7.88. The van der Waals surface area contributed by atoms with E-state index in [1.807, 2.05) is 60.7 Å². The minimum atomic E-state index is -3.44. The van der Waals surface area contributed by atoms with Crippen molar-refractivity contribution in [3.05, 3.63) is 83.9 Å². The van der Waals surface area contributed by atoms with Gasteiger partial charge in [0.1, 0.15) is 0 Å². The first-order chi connectivity index (χ1) is 15.9. The summed E-state index contributed by atoms with van der Waals surface area (Å²) < 4.78 is 26.8. The summed E-state index contributed by atoms with van der Waals surface area (Å²) in [6.07, 6.45) is 0.195. The molecule has 0 spiro atoms. The van der Waals surface area contributed by atoms with Crippen LogP contribution in [0.4, 0.5) is 0 Å². The molecule has 3 aromatic carbocycles. The summed E-state index contributed by atoms with van der Waals surface area (Å²) in [4.78, 5) is 26.6. The summed E-state index contributed by atoms with van der Waals surface area (Å²) in [7, 11) is -3.44. The number of hydrogen-bond acceptors (Lipinski definition) is 4. The molecular formula is C25H27N3O4S. The van der Waals surface area contributed by atoms with E-state index < -0.39 is 10.0 Å². The third kappa shape index (κ3) is 5.77. The molecule has 33 heavy (non-hydrogen) atoms. The molecule has 7 nitrogen and oxygen atoms in total. The number of amides is 2. The van der Waals surface area contributed by atoms with Crippen LogP contribution < -0.4 is 5.32 Å². The average molecular weight is 466 g/mol. The molecule has 3 aromatic rings. The summed E-state index contributed by atoms with van der Waals surface area (Å²) >= 11 is 0. The van der Waals surface area contributed by atoms with Crippen LogP contribution in [0.3, 0.4) is 0 Å². The van der Waals surface area contributed by atoms with E-state index in [-0.39, 0.29) is 43.6 Å². The first-order valence-corrected chi connectivity index (χ1v) is 12.6. The Labute approximate surface area is 194 Å². The van der Waals surface area contributed by atoms with Crippen molar-refractivity contribution in [2.75, 3.05) is 32.7 Å². The van der Waals surface area contributed by atoms with Crippen LogP contribution in [-0.4, -0.2) is 62.2 Å². The largest absolute Gasteiger partial charge is 0.347 e. The van der Waals surface area contributed by atoms with Gasteiger partial charge in [-0.15, -0.1) is 0 Å². The van der Waals surface area contributed by atoms with Crippen molar-refractivity contribution in [1.29, 1.82) is 0 Å². The quantitative estimate of drug-likeness (QED) is 0.580. The maximum Gasteiger partial charge on any atom is 0.242 e. The third-order valence-electron chi connectivity index (χ3n) is 5.84. The summed E-state index contributed by atoms with van der Waals surface area (Å²) in [5.74, 6) is -0.475. The van der Waals surface area contributed by atoms with E-state index in [1.165, 1.54) is 4.31 Å². The lowest BCUT2D eigenvalue weighted by Crippen LogP contribution is -2.52. The van der Waals surface area contributed by atoms with Crippen LogP contribution in [0.5, 0.6) is 0 Å². The first kappa shape index (κ1) is 22.9. The topological polar surface area (TPSA) is 86.8 Å². The molecule has 172 valence electrons. The van der Waals surface area contributed by atoms with Gasteiger partial charge < -0.3 is 10.2 Å². The zero-order chi connectivity index (χ0) is 23.3. The predicted molar refractivity (Wildman–Crippen MR) is 128 cm³/mol. The molecular weight excluding hydrogens is 438 g/mol. The van der Waals surface area contributed by atoms with Gasteiger partial charge in [-0.2, -0.15) is 4.31 Å². The van der Waals surface area contributed by atoms with Crippen LogP contribution in [0.1, 0.15) is 11.1 Å². The lowest BCUT2D eigenvalue weighted by atomic mass is 10.0. The fraction of sp³-hybridized carbons (Fsp3) is 0.280. The molecule has 0 unspecified atom stereocenters. The van der Waals surface area contributed by atoms with Crippen molar-refractivity contribution in [3.8, 4) is 0 Å². The second-order valence-electron chi connectivity index (χ2n) is 8.11. The Hall–Kier alpha value is -3.23. The average Bonchev–Trinajstić information content (AvgIpc) is 2.83. The van der Waals surface area contributed by atoms with E-state index in [1.54, 1.807) is 17.0 Å². The van der Waals surface area contributed by atoms with Gasteiger partial charge in [-0.25, -0.2) is 8.42 Å². The maximum absolute atomic E-state index is 12.7. The van der Waals surface area contributed by atoms with Crippen molar-refractivity contribution >= 4 is 32.6 Å². The van der Waals surface area contributed by atoms with Gasteiger partial charge in [-0.3, -0.25) is 9.59 Å². The fourth-order valence-electron chi connectivity index (χ4n) is 4.06. The fourth-order valence-corrected chi connectivity index (χ4v) is 5.58. The molecule has 1 fully saturated rings.